The number of methoxy groups -OCH3 is 1. The monoisotopic (exact) mass is 384 g/mol. The molecule has 0 bridgehead atoms. The van der Waals surface area contributed by atoms with Gasteiger partial charge in [0.1, 0.15) is 5.75 Å². The van der Waals surface area contributed by atoms with E-state index in [1.165, 1.54) is 5.56 Å². The molecule has 2 aromatic carbocycles. The third kappa shape index (κ3) is 4.12. The van der Waals surface area contributed by atoms with E-state index >= 15 is 0 Å². The number of hydrogen-bond donors (Lipinski definition) is 0. The molecule has 0 aromatic heterocycles. The summed E-state index contributed by atoms with van der Waals surface area (Å²) in [4.78, 5) is 16.9. The molecule has 0 aliphatic carbocycles. The molecule has 4 nitrogen and oxygen atoms in total. The molecule has 5 heteroatoms. The Morgan fingerprint density at radius 1 is 1.00 bits per heavy atom. The average Bonchev–Trinajstić information content (AvgIpc) is 2.61. The Kier molecular flexibility index (Phi) is 5.11. The van der Waals surface area contributed by atoms with Gasteiger partial charge in [0.25, 0.3) is 0 Å². The van der Waals surface area contributed by atoms with Gasteiger partial charge in [0.2, 0.25) is 5.91 Å². The Bertz CT molecular complexity index is 790. The number of benzene rings is 2. The first kappa shape index (κ1) is 18.3. The van der Waals surface area contributed by atoms with Gasteiger partial charge in [-0.2, -0.15) is 0 Å². The molecular weight excluding hydrogens is 360 g/mol. The largest absolute Gasteiger partial charge is 0.497 e. The lowest BCUT2D eigenvalue weighted by Crippen LogP contribution is -2.73. The Balaban J connectivity index is 1.18. The number of carbonyl (C=O) groups is 1. The van der Waals surface area contributed by atoms with Gasteiger partial charge in [-0.05, 0) is 41.8 Å². The predicted octanol–water partition coefficient (Wildman–Crippen LogP) is 3.28. The molecule has 2 saturated heterocycles. The molecule has 2 aliphatic heterocycles. The first-order valence-electron chi connectivity index (χ1n) is 9.43. The molecule has 0 saturated carbocycles. The highest BCUT2D eigenvalue weighted by atomic mass is 35.5. The zero-order valence-corrected chi connectivity index (χ0v) is 16.4. The van der Waals surface area contributed by atoms with Gasteiger partial charge in [0.15, 0.2) is 0 Å². The summed E-state index contributed by atoms with van der Waals surface area (Å²) in [6, 6.07) is 15.8. The fraction of sp³-hybridized carbons (Fsp3) is 0.409. The van der Waals surface area contributed by atoms with Gasteiger partial charge in [-0.1, -0.05) is 35.9 Å². The van der Waals surface area contributed by atoms with Gasteiger partial charge in [-0.15, -0.1) is 0 Å². The summed E-state index contributed by atoms with van der Waals surface area (Å²) in [5, 5.41) is 0.707. The Morgan fingerprint density at radius 2 is 1.63 bits per heavy atom. The number of nitrogens with zero attached hydrogens (tertiary/aromatic N) is 2. The van der Waals surface area contributed by atoms with Crippen LogP contribution in [0.3, 0.4) is 0 Å². The topological polar surface area (TPSA) is 32.8 Å². The minimum Gasteiger partial charge on any atom is -0.497 e. The van der Waals surface area contributed by atoms with Crippen molar-refractivity contribution in [3.05, 3.63) is 64.7 Å². The Morgan fingerprint density at radius 3 is 2.26 bits per heavy atom. The van der Waals surface area contributed by atoms with Crippen LogP contribution in [0.5, 0.6) is 5.75 Å². The number of likely N-dealkylation sites (tertiary alicyclic amines) is 2. The van der Waals surface area contributed by atoms with Crippen molar-refractivity contribution in [2.45, 2.75) is 12.8 Å². The van der Waals surface area contributed by atoms with E-state index in [2.05, 4.69) is 17.0 Å². The molecule has 4 rings (SSSR count). The summed E-state index contributed by atoms with van der Waals surface area (Å²) < 4.78 is 5.20. The third-order valence-corrected chi connectivity index (χ3v) is 5.92. The lowest BCUT2D eigenvalue weighted by molar-refractivity contribution is -0.158. The van der Waals surface area contributed by atoms with Crippen LogP contribution in [0.25, 0.3) is 0 Å². The second-order valence-electron chi connectivity index (χ2n) is 7.86. The average molecular weight is 385 g/mol. The quantitative estimate of drug-likeness (QED) is 0.766. The number of halogens is 1. The summed E-state index contributed by atoms with van der Waals surface area (Å²) >= 11 is 5.90. The van der Waals surface area contributed by atoms with E-state index in [1.807, 2.05) is 41.3 Å². The van der Waals surface area contributed by atoms with E-state index in [0.717, 1.165) is 50.5 Å². The van der Waals surface area contributed by atoms with Crippen molar-refractivity contribution in [2.75, 3.05) is 39.8 Å². The van der Waals surface area contributed by atoms with E-state index in [-0.39, 0.29) is 5.91 Å². The number of amides is 1. The highest BCUT2D eigenvalue weighted by Gasteiger charge is 2.52. The zero-order valence-electron chi connectivity index (χ0n) is 15.7. The summed E-state index contributed by atoms with van der Waals surface area (Å²) in [6.07, 6.45) is 1.52. The lowest BCUT2D eigenvalue weighted by Gasteiger charge is -2.60. The highest BCUT2D eigenvalue weighted by Crippen LogP contribution is 2.39. The molecule has 2 heterocycles. The maximum absolute atomic E-state index is 12.4. The minimum absolute atomic E-state index is 0.222. The van der Waals surface area contributed by atoms with Crippen molar-refractivity contribution < 1.29 is 9.53 Å². The standard InChI is InChI=1S/C22H25ClN2O2/c1-27-20-8-4-17(5-9-20)10-11-24-13-22(14-24)15-25(16-22)21(26)12-18-2-6-19(23)7-3-18/h2-9H,10-16H2,1H3. The molecule has 0 atom stereocenters. The highest BCUT2D eigenvalue weighted by molar-refractivity contribution is 6.30. The van der Waals surface area contributed by atoms with Crippen LogP contribution in [0.1, 0.15) is 11.1 Å². The van der Waals surface area contributed by atoms with Crippen LogP contribution in [-0.4, -0.2) is 55.5 Å². The van der Waals surface area contributed by atoms with E-state index in [0.29, 0.717) is 16.9 Å². The predicted molar refractivity (Wildman–Crippen MR) is 107 cm³/mol. The molecule has 2 aliphatic rings. The smallest absolute Gasteiger partial charge is 0.227 e. The molecule has 142 valence electrons. The van der Waals surface area contributed by atoms with Gasteiger partial charge in [0.05, 0.1) is 13.5 Å². The van der Waals surface area contributed by atoms with Crippen LogP contribution in [0, 0.1) is 5.41 Å². The zero-order chi connectivity index (χ0) is 18.9. The van der Waals surface area contributed by atoms with Gasteiger partial charge < -0.3 is 14.5 Å². The maximum atomic E-state index is 12.4. The second-order valence-corrected chi connectivity index (χ2v) is 8.30. The van der Waals surface area contributed by atoms with Crippen molar-refractivity contribution in [3.8, 4) is 5.75 Å². The van der Waals surface area contributed by atoms with Gasteiger partial charge in [-0.3, -0.25) is 4.79 Å². The second kappa shape index (κ2) is 7.53. The molecule has 1 spiro atoms. The van der Waals surface area contributed by atoms with Gasteiger partial charge in [0, 0.05) is 43.2 Å². The molecule has 27 heavy (non-hydrogen) atoms. The number of carbonyl (C=O) groups excluding carboxylic acids is 1. The SMILES string of the molecule is COc1ccc(CCN2CC3(C2)CN(C(=O)Cc2ccc(Cl)cc2)C3)cc1. The van der Waals surface area contributed by atoms with Crippen molar-refractivity contribution in [2.24, 2.45) is 5.41 Å². The van der Waals surface area contributed by atoms with Crippen LogP contribution < -0.4 is 4.74 Å². The minimum atomic E-state index is 0.222. The number of ether oxygens (including phenoxy) is 1. The molecule has 0 N–H and O–H groups in total. The molecule has 2 fully saturated rings. The van der Waals surface area contributed by atoms with Crippen LogP contribution in [0.4, 0.5) is 0 Å². The normalized spacial score (nSPS) is 18.1. The Labute approximate surface area is 165 Å². The first-order valence-corrected chi connectivity index (χ1v) is 9.81. The van der Waals surface area contributed by atoms with Crippen LogP contribution >= 0.6 is 11.6 Å². The molecule has 1 amide bonds. The Hall–Kier alpha value is -2.04. The van der Waals surface area contributed by atoms with Crippen molar-refractivity contribution >= 4 is 17.5 Å². The van der Waals surface area contributed by atoms with E-state index < -0.39 is 0 Å². The third-order valence-electron chi connectivity index (χ3n) is 5.67. The van der Waals surface area contributed by atoms with Crippen molar-refractivity contribution in [1.29, 1.82) is 0 Å². The van der Waals surface area contributed by atoms with Crippen molar-refractivity contribution in [1.82, 2.24) is 9.80 Å². The molecule has 2 aromatic rings. The van der Waals surface area contributed by atoms with Crippen LogP contribution in [0.15, 0.2) is 48.5 Å². The fourth-order valence-electron chi connectivity index (χ4n) is 4.17. The summed E-state index contributed by atoms with van der Waals surface area (Å²) in [6.45, 7) is 5.09. The molecule has 0 unspecified atom stereocenters. The van der Waals surface area contributed by atoms with E-state index in [4.69, 9.17) is 16.3 Å². The van der Waals surface area contributed by atoms with Crippen LogP contribution in [-0.2, 0) is 17.6 Å². The molecule has 0 radical (unpaired) electrons. The molecular formula is C22H25ClN2O2. The maximum Gasteiger partial charge on any atom is 0.227 e. The number of rotatable bonds is 6. The lowest BCUT2D eigenvalue weighted by atomic mass is 9.72. The summed E-state index contributed by atoms with van der Waals surface area (Å²) in [5.41, 5.74) is 2.71. The summed E-state index contributed by atoms with van der Waals surface area (Å²) in [7, 11) is 1.69. The summed E-state index contributed by atoms with van der Waals surface area (Å²) in [5.74, 6) is 1.12. The van der Waals surface area contributed by atoms with Crippen molar-refractivity contribution in [3.63, 3.8) is 0 Å². The van der Waals surface area contributed by atoms with E-state index in [9.17, 15) is 4.79 Å². The van der Waals surface area contributed by atoms with E-state index in [1.54, 1.807) is 7.11 Å². The van der Waals surface area contributed by atoms with Gasteiger partial charge in [-0.25, -0.2) is 0 Å². The number of hydrogen-bond acceptors (Lipinski definition) is 3. The van der Waals surface area contributed by atoms with Crippen LogP contribution in [0.2, 0.25) is 5.02 Å². The first-order chi connectivity index (χ1) is 13.0. The van der Waals surface area contributed by atoms with Gasteiger partial charge >= 0.3 is 0 Å². The fourth-order valence-corrected chi connectivity index (χ4v) is 4.29.